The first-order chi connectivity index (χ1) is 13.8. The molecule has 28 heavy (non-hydrogen) atoms. The molecule has 5 rings (SSSR count). The molecule has 4 nitrogen and oxygen atoms in total. The van der Waals surface area contributed by atoms with Gasteiger partial charge in [-0.15, -0.1) is 0 Å². The third-order valence-corrected chi connectivity index (χ3v) is 6.55. The molecule has 2 aliphatic rings. The van der Waals surface area contributed by atoms with Gasteiger partial charge in [-0.2, -0.15) is 0 Å². The Morgan fingerprint density at radius 2 is 1.68 bits per heavy atom. The van der Waals surface area contributed by atoms with Crippen LogP contribution in [0.25, 0.3) is 22.3 Å². The van der Waals surface area contributed by atoms with E-state index in [4.69, 9.17) is 4.98 Å². The van der Waals surface area contributed by atoms with Gasteiger partial charge in [0.05, 0.1) is 11.0 Å². The Labute approximate surface area is 165 Å². The van der Waals surface area contributed by atoms with Crippen molar-refractivity contribution in [1.29, 1.82) is 0 Å². The lowest BCUT2D eigenvalue weighted by Crippen LogP contribution is -2.49. The van der Waals surface area contributed by atoms with E-state index in [0.717, 1.165) is 23.1 Å². The average Bonchev–Trinajstić information content (AvgIpc) is 2.76. The third-order valence-electron chi connectivity index (χ3n) is 6.55. The summed E-state index contributed by atoms with van der Waals surface area (Å²) in [5.41, 5.74) is 3.36. The SMILES string of the molecule is O=c1c(-c2ccccc2)nc2ccccc2n1C[C@@H]1CCCN2CCCC[C@H]12. The number of rotatable bonds is 3. The van der Waals surface area contributed by atoms with Gasteiger partial charge < -0.3 is 9.47 Å². The second kappa shape index (κ2) is 7.51. The minimum absolute atomic E-state index is 0.0397. The van der Waals surface area contributed by atoms with Crippen molar-refractivity contribution >= 4 is 11.0 Å². The van der Waals surface area contributed by atoms with E-state index in [1.54, 1.807) is 0 Å². The van der Waals surface area contributed by atoms with Crippen LogP contribution in [0.1, 0.15) is 32.1 Å². The van der Waals surface area contributed by atoms with Crippen LogP contribution < -0.4 is 5.56 Å². The molecule has 0 amide bonds. The molecule has 0 unspecified atom stereocenters. The fraction of sp³-hybridized carbons (Fsp3) is 0.417. The van der Waals surface area contributed by atoms with Crippen molar-refractivity contribution in [2.24, 2.45) is 5.92 Å². The molecular formula is C24H27N3O. The molecule has 0 N–H and O–H groups in total. The summed E-state index contributed by atoms with van der Waals surface area (Å²) in [6.07, 6.45) is 6.36. The number of para-hydroxylation sites is 2. The van der Waals surface area contributed by atoms with E-state index < -0.39 is 0 Å². The van der Waals surface area contributed by atoms with Gasteiger partial charge in [-0.05, 0) is 56.8 Å². The van der Waals surface area contributed by atoms with Crippen LogP contribution in [-0.4, -0.2) is 33.6 Å². The zero-order chi connectivity index (χ0) is 18.9. The Balaban J connectivity index is 1.60. The second-order valence-electron chi connectivity index (χ2n) is 8.23. The maximum Gasteiger partial charge on any atom is 0.277 e. The van der Waals surface area contributed by atoms with Gasteiger partial charge >= 0.3 is 0 Å². The Kier molecular flexibility index (Phi) is 4.73. The predicted octanol–water partition coefficient (Wildman–Crippen LogP) is 4.33. The van der Waals surface area contributed by atoms with E-state index in [-0.39, 0.29) is 5.56 Å². The van der Waals surface area contributed by atoms with Gasteiger partial charge in [0.1, 0.15) is 5.69 Å². The van der Waals surface area contributed by atoms with Crippen LogP contribution in [0.5, 0.6) is 0 Å². The minimum Gasteiger partial charge on any atom is -0.305 e. The Bertz CT molecular complexity index is 1020. The first kappa shape index (κ1) is 17.6. The van der Waals surface area contributed by atoms with Gasteiger partial charge in [0.25, 0.3) is 5.56 Å². The van der Waals surface area contributed by atoms with Gasteiger partial charge in [-0.25, -0.2) is 4.98 Å². The number of hydrogen-bond donors (Lipinski definition) is 0. The first-order valence-corrected chi connectivity index (χ1v) is 10.6. The van der Waals surface area contributed by atoms with Gasteiger partial charge in [0, 0.05) is 18.2 Å². The number of piperidine rings is 2. The van der Waals surface area contributed by atoms with E-state index in [1.807, 2.05) is 59.2 Å². The van der Waals surface area contributed by atoms with Gasteiger partial charge in [0.2, 0.25) is 0 Å². The largest absolute Gasteiger partial charge is 0.305 e. The van der Waals surface area contributed by atoms with Gasteiger partial charge in [0.15, 0.2) is 0 Å². The number of aromatic nitrogens is 2. The summed E-state index contributed by atoms with van der Waals surface area (Å²) >= 11 is 0. The highest BCUT2D eigenvalue weighted by molar-refractivity contribution is 5.77. The van der Waals surface area contributed by atoms with Crippen LogP contribution in [0.3, 0.4) is 0 Å². The summed E-state index contributed by atoms with van der Waals surface area (Å²) in [7, 11) is 0. The lowest BCUT2D eigenvalue weighted by Gasteiger charge is -2.44. The van der Waals surface area contributed by atoms with Crippen molar-refractivity contribution in [3.05, 3.63) is 65.0 Å². The summed E-state index contributed by atoms with van der Waals surface area (Å²) in [5, 5.41) is 0. The molecule has 144 valence electrons. The molecule has 3 aromatic rings. The molecule has 0 saturated carbocycles. The molecular weight excluding hydrogens is 346 g/mol. The summed E-state index contributed by atoms with van der Waals surface area (Å²) in [6.45, 7) is 3.24. The smallest absolute Gasteiger partial charge is 0.277 e. The second-order valence-corrected chi connectivity index (χ2v) is 8.23. The van der Waals surface area contributed by atoms with Crippen LogP contribution in [0, 0.1) is 5.92 Å². The standard InChI is InChI=1S/C24H27N3O/c28-24-23(18-9-2-1-3-10-18)25-20-12-4-5-14-22(20)27(24)17-19-11-8-16-26-15-7-6-13-21(19)26/h1-5,9-10,12,14,19,21H,6-8,11,13,15-17H2/t19-,21+/m0/s1. The van der Waals surface area contributed by atoms with E-state index in [0.29, 0.717) is 17.7 Å². The molecule has 0 bridgehead atoms. The summed E-state index contributed by atoms with van der Waals surface area (Å²) in [5.74, 6) is 0.543. The zero-order valence-electron chi connectivity index (χ0n) is 16.3. The van der Waals surface area contributed by atoms with Crippen molar-refractivity contribution in [1.82, 2.24) is 14.5 Å². The quantitative estimate of drug-likeness (QED) is 0.686. The molecule has 0 radical (unpaired) electrons. The summed E-state index contributed by atoms with van der Waals surface area (Å²) < 4.78 is 2.01. The first-order valence-electron chi connectivity index (χ1n) is 10.6. The number of hydrogen-bond acceptors (Lipinski definition) is 3. The molecule has 2 saturated heterocycles. The normalized spacial score (nSPS) is 22.9. The molecule has 4 heteroatoms. The van der Waals surface area contributed by atoms with E-state index >= 15 is 0 Å². The highest BCUT2D eigenvalue weighted by Crippen LogP contribution is 2.32. The highest BCUT2D eigenvalue weighted by atomic mass is 16.1. The molecule has 2 aromatic carbocycles. The van der Waals surface area contributed by atoms with E-state index in [2.05, 4.69) is 4.90 Å². The van der Waals surface area contributed by atoms with Crippen molar-refractivity contribution in [3.8, 4) is 11.3 Å². The molecule has 2 aliphatic heterocycles. The maximum atomic E-state index is 13.5. The molecule has 2 fully saturated rings. The van der Waals surface area contributed by atoms with Crippen LogP contribution in [0.4, 0.5) is 0 Å². The molecule has 0 aliphatic carbocycles. The Morgan fingerprint density at radius 3 is 2.57 bits per heavy atom. The summed E-state index contributed by atoms with van der Waals surface area (Å²) in [6, 6.07) is 18.6. The lowest BCUT2D eigenvalue weighted by molar-refractivity contribution is 0.0520. The zero-order valence-corrected chi connectivity index (χ0v) is 16.3. The lowest BCUT2D eigenvalue weighted by atomic mass is 9.83. The minimum atomic E-state index is 0.0397. The topological polar surface area (TPSA) is 38.1 Å². The fourth-order valence-electron chi connectivity index (χ4n) is 5.18. The van der Waals surface area contributed by atoms with Crippen molar-refractivity contribution < 1.29 is 0 Å². The maximum absolute atomic E-state index is 13.5. The van der Waals surface area contributed by atoms with Crippen LogP contribution in [0.2, 0.25) is 0 Å². The molecule has 1 aromatic heterocycles. The van der Waals surface area contributed by atoms with Crippen molar-refractivity contribution in [2.45, 2.75) is 44.7 Å². The molecule has 3 heterocycles. The summed E-state index contributed by atoms with van der Waals surface area (Å²) in [4.78, 5) is 20.9. The third kappa shape index (κ3) is 3.16. The Hall–Kier alpha value is -2.46. The number of nitrogens with zero attached hydrogens (tertiary/aromatic N) is 3. The number of fused-ring (bicyclic) bond motifs is 2. The molecule has 0 spiro atoms. The van der Waals surface area contributed by atoms with Crippen LogP contribution >= 0.6 is 0 Å². The van der Waals surface area contributed by atoms with Gasteiger partial charge in [-0.1, -0.05) is 48.9 Å². The van der Waals surface area contributed by atoms with E-state index in [1.165, 1.54) is 45.2 Å². The number of benzene rings is 2. The van der Waals surface area contributed by atoms with Crippen molar-refractivity contribution in [3.63, 3.8) is 0 Å². The Morgan fingerprint density at radius 1 is 0.893 bits per heavy atom. The van der Waals surface area contributed by atoms with Crippen LogP contribution in [-0.2, 0) is 6.54 Å². The molecule has 2 atom stereocenters. The van der Waals surface area contributed by atoms with Crippen molar-refractivity contribution in [2.75, 3.05) is 13.1 Å². The average molecular weight is 374 g/mol. The van der Waals surface area contributed by atoms with Crippen LogP contribution in [0.15, 0.2) is 59.4 Å². The van der Waals surface area contributed by atoms with Gasteiger partial charge in [-0.3, -0.25) is 4.79 Å². The van der Waals surface area contributed by atoms with E-state index in [9.17, 15) is 4.79 Å². The fourth-order valence-corrected chi connectivity index (χ4v) is 5.18. The monoisotopic (exact) mass is 373 g/mol. The predicted molar refractivity (Wildman–Crippen MR) is 113 cm³/mol. The highest BCUT2D eigenvalue weighted by Gasteiger charge is 2.33.